The van der Waals surface area contributed by atoms with Crippen molar-refractivity contribution in [1.29, 1.82) is 0 Å². The Bertz CT molecular complexity index is 670. The smallest absolute Gasteiger partial charge is 0.340 e. The van der Waals surface area contributed by atoms with Crippen LogP contribution in [-0.2, 0) is 19.6 Å². The molecule has 0 radical (unpaired) electrons. The van der Waals surface area contributed by atoms with E-state index < -0.39 is 34.5 Å². The zero-order valence-electron chi connectivity index (χ0n) is 11.0. The van der Waals surface area contributed by atoms with Crippen molar-refractivity contribution in [3.8, 4) is 0 Å². The summed E-state index contributed by atoms with van der Waals surface area (Å²) in [7, 11) is -3.58. The largest absolute Gasteiger partial charge is 0.452 e. The molecule has 114 valence electrons. The Morgan fingerprint density at radius 1 is 1.24 bits per heavy atom. The van der Waals surface area contributed by atoms with E-state index in [1.807, 2.05) is 0 Å². The standard InChI is InChI=1S/C11H13N3O6S/c1-21(18,19)14-8-5-3-2-4-7(8)10(16)20-6-9(15)13-11(12)17/h2-5,14H,6H2,1H3,(H3,12,13,15,17). The number of amides is 3. The molecule has 4 N–H and O–H groups in total. The van der Waals surface area contributed by atoms with Crippen LogP contribution >= 0.6 is 0 Å². The van der Waals surface area contributed by atoms with Gasteiger partial charge in [0.25, 0.3) is 5.91 Å². The Balaban J connectivity index is 2.79. The third kappa shape index (κ3) is 5.91. The third-order valence-corrected chi connectivity index (χ3v) is 2.63. The molecule has 0 aliphatic rings. The van der Waals surface area contributed by atoms with E-state index in [1.165, 1.54) is 24.3 Å². The Labute approximate surface area is 120 Å². The molecule has 0 fully saturated rings. The number of nitrogens with two attached hydrogens (primary N) is 1. The lowest BCUT2D eigenvalue weighted by Crippen LogP contribution is -2.37. The lowest BCUT2D eigenvalue weighted by atomic mass is 10.2. The molecule has 0 unspecified atom stereocenters. The van der Waals surface area contributed by atoms with Crippen LogP contribution in [0.15, 0.2) is 24.3 Å². The number of benzene rings is 1. The van der Waals surface area contributed by atoms with Crippen molar-refractivity contribution in [2.24, 2.45) is 5.73 Å². The molecule has 21 heavy (non-hydrogen) atoms. The average molecular weight is 315 g/mol. The van der Waals surface area contributed by atoms with E-state index in [0.717, 1.165) is 6.26 Å². The molecule has 9 nitrogen and oxygen atoms in total. The zero-order valence-corrected chi connectivity index (χ0v) is 11.8. The predicted octanol–water partition coefficient (Wildman–Crippen LogP) is -0.590. The van der Waals surface area contributed by atoms with E-state index in [0.29, 0.717) is 0 Å². The number of hydrogen-bond acceptors (Lipinski definition) is 6. The Morgan fingerprint density at radius 3 is 2.43 bits per heavy atom. The molecule has 0 aliphatic carbocycles. The molecule has 1 rings (SSSR count). The van der Waals surface area contributed by atoms with Gasteiger partial charge in [-0.1, -0.05) is 12.1 Å². The van der Waals surface area contributed by atoms with Gasteiger partial charge < -0.3 is 10.5 Å². The second-order valence-electron chi connectivity index (χ2n) is 3.91. The van der Waals surface area contributed by atoms with Gasteiger partial charge in [-0.05, 0) is 12.1 Å². The molecule has 0 spiro atoms. The Morgan fingerprint density at radius 2 is 1.86 bits per heavy atom. The van der Waals surface area contributed by atoms with E-state index in [2.05, 4.69) is 9.46 Å². The Kier molecular flexibility index (Phi) is 5.24. The number of carbonyl (C=O) groups excluding carboxylic acids is 3. The molecule has 0 saturated carbocycles. The first kappa shape index (κ1) is 16.4. The normalized spacial score (nSPS) is 10.5. The van der Waals surface area contributed by atoms with Crippen LogP contribution in [0.5, 0.6) is 0 Å². The van der Waals surface area contributed by atoms with Crippen LogP contribution in [0.1, 0.15) is 10.4 Å². The highest BCUT2D eigenvalue weighted by Crippen LogP contribution is 2.17. The van der Waals surface area contributed by atoms with Crippen molar-refractivity contribution in [3.05, 3.63) is 29.8 Å². The van der Waals surface area contributed by atoms with Gasteiger partial charge in [-0.15, -0.1) is 0 Å². The van der Waals surface area contributed by atoms with Crippen molar-refractivity contribution in [2.75, 3.05) is 17.6 Å². The molecule has 0 aliphatic heterocycles. The molecule has 3 amide bonds. The van der Waals surface area contributed by atoms with Crippen LogP contribution in [0.2, 0.25) is 0 Å². The first-order valence-electron chi connectivity index (χ1n) is 5.52. The number of imide groups is 1. The SMILES string of the molecule is CS(=O)(=O)Nc1ccccc1C(=O)OCC(=O)NC(N)=O. The number of nitrogens with one attached hydrogen (secondary N) is 2. The van der Waals surface area contributed by atoms with Crippen LogP contribution in [0.3, 0.4) is 0 Å². The van der Waals surface area contributed by atoms with Gasteiger partial charge in [0.05, 0.1) is 17.5 Å². The number of primary amides is 1. The molecule has 1 aromatic rings. The molecule has 0 aromatic heterocycles. The molecule has 10 heteroatoms. The topological polar surface area (TPSA) is 145 Å². The van der Waals surface area contributed by atoms with Crippen molar-refractivity contribution < 1.29 is 27.5 Å². The summed E-state index contributed by atoms with van der Waals surface area (Å²) in [5.74, 6) is -1.83. The summed E-state index contributed by atoms with van der Waals surface area (Å²) in [6.45, 7) is -0.727. The number of ether oxygens (including phenoxy) is 1. The van der Waals surface area contributed by atoms with E-state index >= 15 is 0 Å². The highest BCUT2D eigenvalue weighted by molar-refractivity contribution is 7.92. The van der Waals surface area contributed by atoms with Gasteiger partial charge in [0.2, 0.25) is 10.0 Å². The van der Waals surface area contributed by atoms with Gasteiger partial charge >= 0.3 is 12.0 Å². The quantitative estimate of drug-likeness (QED) is 0.619. The maximum absolute atomic E-state index is 11.8. The number of para-hydroxylation sites is 1. The summed E-state index contributed by atoms with van der Waals surface area (Å²) < 4.78 is 29.2. The minimum Gasteiger partial charge on any atom is -0.452 e. The third-order valence-electron chi connectivity index (χ3n) is 2.04. The van der Waals surface area contributed by atoms with Gasteiger partial charge in [-0.3, -0.25) is 14.8 Å². The van der Waals surface area contributed by atoms with Crippen LogP contribution in [0.25, 0.3) is 0 Å². The van der Waals surface area contributed by atoms with E-state index in [-0.39, 0.29) is 11.3 Å². The lowest BCUT2D eigenvalue weighted by Gasteiger charge is -2.10. The highest BCUT2D eigenvalue weighted by Gasteiger charge is 2.16. The summed E-state index contributed by atoms with van der Waals surface area (Å²) in [5, 5.41) is 1.71. The number of anilines is 1. The van der Waals surface area contributed by atoms with E-state index in [9.17, 15) is 22.8 Å². The van der Waals surface area contributed by atoms with Crippen LogP contribution in [0.4, 0.5) is 10.5 Å². The first-order valence-corrected chi connectivity index (χ1v) is 7.41. The average Bonchev–Trinajstić information content (AvgIpc) is 2.34. The molecule has 1 aromatic carbocycles. The second kappa shape index (κ2) is 6.70. The molecule has 0 atom stereocenters. The van der Waals surface area contributed by atoms with Crippen molar-refractivity contribution in [3.63, 3.8) is 0 Å². The van der Waals surface area contributed by atoms with Gasteiger partial charge in [0.1, 0.15) is 0 Å². The maximum Gasteiger partial charge on any atom is 0.340 e. The van der Waals surface area contributed by atoms with Crippen molar-refractivity contribution in [1.82, 2.24) is 5.32 Å². The summed E-state index contributed by atoms with van der Waals surface area (Å²) in [4.78, 5) is 33.3. The molecule has 0 bridgehead atoms. The molecular weight excluding hydrogens is 302 g/mol. The number of hydrogen-bond donors (Lipinski definition) is 3. The van der Waals surface area contributed by atoms with Crippen molar-refractivity contribution in [2.45, 2.75) is 0 Å². The fraction of sp³-hybridized carbons (Fsp3) is 0.182. The minimum absolute atomic E-state index is 0.0142. The van der Waals surface area contributed by atoms with Gasteiger partial charge in [-0.25, -0.2) is 18.0 Å². The van der Waals surface area contributed by atoms with Gasteiger partial charge in [-0.2, -0.15) is 0 Å². The van der Waals surface area contributed by atoms with E-state index in [1.54, 1.807) is 5.32 Å². The number of urea groups is 1. The van der Waals surface area contributed by atoms with Crippen molar-refractivity contribution >= 4 is 33.6 Å². The van der Waals surface area contributed by atoms with Crippen LogP contribution in [0, 0.1) is 0 Å². The number of carbonyl (C=O) groups is 3. The minimum atomic E-state index is -3.58. The lowest BCUT2D eigenvalue weighted by molar-refractivity contribution is -0.123. The number of sulfonamides is 1. The van der Waals surface area contributed by atoms with Gasteiger partial charge in [0.15, 0.2) is 6.61 Å². The monoisotopic (exact) mass is 315 g/mol. The molecule has 0 heterocycles. The van der Waals surface area contributed by atoms with Crippen LogP contribution < -0.4 is 15.8 Å². The second-order valence-corrected chi connectivity index (χ2v) is 5.66. The fourth-order valence-electron chi connectivity index (χ4n) is 1.33. The number of rotatable bonds is 5. The maximum atomic E-state index is 11.8. The predicted molar refractivity (Wildman–Crippen MR) is 72.9 cm³/mol. The summed E-state index contributed by atoms with van der Waals surface area (Å²) in [6, 6.07) is 4.62. The summed E-state index contributed by atoms with van der Waals surface area (Å²) in [6.07, 6.45) is 0.926. The summed E-state index contributed by atoms with van der Waals surface area (Å²) in [5.41, 5.74) is 4.66. The highest BCUT2D eigenvalue weighted by atomic mass is 32.2. The molecule has 0 saturated heterocycles. The van der Waals surface area contributed by atoms with Crippen LogP contribution in [-0.4, -0.2) is 39.2 Å². The fourth-order valence-corrected chi connectivity index (χ4v) is 1.91. The Hall–Kier alpha value is -2.62. The van der Waals surface area contributed by atoms with Gasteiger partial charge in [0, 0.05) is 0 Å². The first-order chi connectivity index (χ1) is 9.69. The summed E-state index contributed by atoms with van der Waals surface area (Å²) >= 11 is 0. The van der Waals surface area contributed by atoms with E-state index in [4.69, 9.17) is 5.73 Å². The zero-order chi connectivity index (χ0) is 16.0. The molecular formula is C11H13N3O6S. The number of esters is 1.